The molecule has 0 spiro atoms. The van der Waals surface area contributed by atoms with E-state index in [1.807, 2.05) is 0 Å². The highest BCUT2D eigenvalue weighted by molar-refractivity contribution is 5.27. The standard InChI is InChI=1S/C12H14F3NO2/c13-12(14,15)18-11-3-1-9(2-4-11)7-16-6-5-10(17)8-16/h1-4,10,17H,5-8H2/t10-/m1/s1. The zero-order valence-electron chi connectivity index (χ0n) is 9.65. The molecule has 6 heteroatoms. The van der Waals surface area contributed by atoms with Crippen LogP contribution in [0.1, 0.15) is 12.0 Å². The SMILES string of the molecule is O[C@@H]1CCN(Cc2ccc(OC(F)(F)F)cc2)C1. The van der Waals surface area contributed by atoms with Crippen molar-refractivity contribution in [2.24, 2.45) is 0 Å². The maximum Gasteiger partial charge on any atom is 0.573 e. The molecule has 0 radical (unpaired) electrons. The zero-order chi connectivity index (χ0) is 13.2. The fourth-order valence-electron chi connectivity index (χ4n) is 2.01. The van der Waals surface area contributed by atoms with Gasteiger partial charge in [-0.2, -0.15) is 0 Å². The second-order valence-corrected chi connectivity index (χ2v) is 4.37. The van der Waals surface area contributed by atoms with Crippen LogP contribution in [0.3, 0.4) is 0 Å². The Kier molecular flexibility index (Phi) is 3.77. The Balaban J connectivity index is 1.91. The quantitative estimate of drug-likeness (QED) is 0.905. The summed E-state index contributed by atoms with van der Waals surface area (Å²) in [6.07, 6.45) is -4.20. The first kappa shape index (κ1) is 13.2. The molecule has 1 saturated heterocycles. The average Bonchev–Trinajstić information content (AvgIpc) is 2.65. The summed E-state index contributed by atoms with van der Waals surface area (Å²) < 4.78 is 39.7. The molecule has 0 amide bonds. The van der Waals surface area contributed by atoms with Crippen molar-refractivity contribution in [3.63, 3.8) is 0 Å². The molecule has 1 heterocycles. The number of benzene rings is 1. The van der Waals surface area contributed by atoms with E-state index in [-0.39, 0.29) is 11.9 Å². The summed E-state index contributed by atoms with van der Waals surface area (Å²) in [5.41, 5.74) is 0.902. The van der Waals surface area contributed by atoms with Crippen molar-refractivity contribution >= 4 is 0 Å². The number of hydrogen-bond donors (Lipinski definition) is 1. The first-order valence-electron chi connectivity index (χ1n) is 5.67. The molecule has 1 N–H and O–H groups in total. The van der Waals surface area contributed by atoms with Crippen LogP contribution < -0.4 is 4.74 Å². The van der Waals surface area contributed by atoms with E-state index in [2.05, 4.69) is 9.64 Å². The molecule has 0 bridgehead atoms. The Bertz CT molecular complexity index is 391. The van der Waals surface area contributed by atoms with Gasteiger partial charge in [0.15, 0.2) is 0 Å². The minimum Gasteiger partial charge on any atom is -0.406 e. The number of hydrogen-bond acceptors (Lipinski definition) is 3. The number of nitrogens with zero attached hydrogens (tertiary/aromatic N) is 1. The van der Waals surface area contributed by atoms with Gasteiger partial charge in [-0.05, 0) is 24.1 Å². The van der Waals surface area contributed by atoms with E-state index in [0.717, 1.165) is 18.5 Å². The van der Waals surface area contributed by atoms with Gasteiger partial charge >= 0.3 is 6.36 Å². The fraction of sp³-hybridized carbons (Fsp3) is 0.500. The molecular formula is C12H14F3NO2. The topological polar surface area (TPSA) is 32.7 Å². The number of aliphatic hydroxyl groups is 1. The number of rotatable bonds is 3. The van der Waals surface area contributed by atoms with Crippen LogP contribution in [0.5, 0.6) is 5.75 Å². The Labute approximate surface area is 103 Å². The van der Waals surface area contributed by atoms with Crippen LogP contribution in [0, 0.1) is 0 Å². The minimum atomic E-state index is -4.65. The molecule has 0 unspecified atom stereocenters. The molecular weight excluding hydrogens is 247 g/mol. The molecule has 1 aliphatic heterocycles. The first-order valence-corrected chi connectivity index (χ1v) is 5.67. The first-order chi connectivity index (χ1) is 8.42. The van der Waals surface area contributed by atoms with E-state index < -0.39 is 6.36 Å². The predicted molar refractivity (Wildman–Crippen MR) is 59.0 cm³/mol. The number of β-amino-alcohol motifs (C(OH)–C–C–N with tert-alkyl or cyclic N) is 1. The number of aliphatic hydroxyl groups excluding tert-OH is 1. The highest BCUT2D eigenvalue weighted by atomic mass is 19.4. The van der Waals surface area contributed by atoms with Crippen LogP contribution in [0.25, 0.3) is 0 Å². The minimum absolute atomic E-state index is 0.215. The second-order valence-electron chi connectivity index (χ2n) is 4.37. The highest BCUT2D eigenvalue weighted by Crippen LogP contribution is 2.23. The summed E-state index contributed by atoms with van der Waals surface area (Å²) in [5.74, 6) is -0.215. The van der Waals surface area contributed by atoms with Crippen LogP contribution in [0.15, 0.2) is 24.3 Å². The van der Waals surface area contributed by atoms with Crippen molar-refractivity contribution in [1.29, 1.82) is 0 Å². The van der Waals surface area contributed by atoms with Crippen molar-refractivity contribution in [2.75, 3.05) is 13.1 Å². The lowest BCUT2D eigenvalue weighted by Crippen LogP contribution is -2.21. The van der Waals surface area contributed by atoms with Crippen LogP contribution in [0.2, 0.25) is 0 Å². The van der Waals surface area contributed by atoms with Crippen LogP contribution in [0.4, 0.5) is 13.2 Å². The monoisotopic (exact) mass is 261 g/mol. The lowest BCUT2D eigenvalue weighted by atomic mass is 10.2. The molecule has 0 aromatic heterocycles. The molecule has 100 valence electrons. The van der Waals surface area contributed by atoms with E-state index in [1.54, 1.807) is 12.1 Å². The lowest BCUT2D eigenvalue weighted by molar-refractivity contribution is -0.274. The van der Waals surface area contributed by atoms with E-state index in [0.29, 0.717) is 13.1 Å². The van der Waals surface area contributed by atoms with Gasteiger partial charge in [0.1, 0.15) is 5.75 Å². The zero-order valence-corrected chi connectivity index (χ0v) is 9.65. The number of alkyl halides is 3. The van der Waals surface area contributed by atoms with Gasteiger partial charge in [-0.25, -0.2) is 0 Å². The van der Waals surface area contributed by atoms with Crippen molar-refractivity contribution in [3.05, 3.63) is 29.8 Å². The predicted octanol–water partition coefficient (Wildman–Crippen LogP) is 2.15. The van der Waals surface area contributed by atoms with Crippen molar-refractivity contribution < 1.29 is 23.0 Å². The van der Waals surface area contributed by atoms with Gasteiger partial charge in [0.2, 0.25) is 0 Å². The van der Waals surface area contributed by atoms with E-state index in [1.165, 1.54) is 12.1 Å². The third kappa shape index (κ3) is 3.89. The van der Waals surface area contributed by atoms with Gasteiger partial charge < -0.3 is 9.84 Å². The third-order valence-electron chi connectivity index (χ3n) is 2.81. The summed E-state index contributed by atoms with van der Waals surface area (Å²) >= 11 is 0. The Morgan fingerprint density at radius 2 is 1.94 bits per heavy atom. The number of likely N-dealkylation sites (tertiary alicyclic amines) is 1. The molecule has 1 fully saturated rings. The maximum atomic E-state index is 12.0. The summed E-state index contributed by atoms with van der Waals surface area (Å²) in [6.45, 7) is 2.05. The summed E-state index contributed by atoms with van der Waals surface area (Å²) in [5, 5.41) is 9.36. The fourth-order valence-corrected chi connectivity index (χ4v) is 2.01. The molecule has 1 aromatic rings. The molecule has 2 rings (SSSR count). The second kappa shape index (κ2) is 5.16. The van der Waals surface area contributed by atoms with E-state index >= 15 is 0 Å². The van der Waals surface area contributed by atoms with E-state index in [4.69, 9.17) is 0 Å². The van der Waals surface area contributed by atoms with Gasteiger partial charge in [0.25, 0.3) is 0 Å². The summed E-state index contributed by atoms with van der Waals surface area (Å²) in [7, 11) is 0. The van der Waals surface area contributed by atoms with Crippen molar-refractivity contribution in [3.8, 4) is 5.75 Å². The van der Waals surface area contributed by atoms with Crippen LogP contribution >= 0.6 is 0 Å². The van der Waals surface area contributed by atoms with Gasteiger partial charge in [0.05, 0.1) is 6.10 Å². The molecule has 0 saturated carbocycles. The molecule has 1 atom stereocenters. The largest absolute Gasteiger partial charge is 0.573 e. The number of ether oxygens (including phenoxy) is 1. The Hall–Kier alpha value is -1.27. The number of halogens is 3. The Morgan fingerprint density at radius 1 is 1.28 bits per heavy atom. The maximum absolute atomic E-state index is 12.0. The summed E-state index contributed by atoms with van der Waals surface area (Å²) in [6, 6.07) is 5.81. The van der Waals surface area contributed by atoms with Crippen LogP contribution in [-0.4, -0.2) is 35.6 Å². The van der Waals surface area contributed by atoms with Gasteiger partial charge in [0, 0.05) is 19.6 Å². The normalized spacial score (nSPS) is 21.2. The molecule has 1 aromatic carbocycles. The Morgan fingerprint density at radius 3 is 2.44 bits per heavy atom. The smallest absolute Gasteiger partial charge is 0.406 e. The molecule has 18 heavy (non-hydrogen) atoms. The lowest BCUT2D eigenvalue weighted by Gasteiger charge is -2.15. The van der Waals surface area contributed by atoms with E-state index in [9.17, 15) is 18.3 Å². The van der Waals surface area contributed by atoms with Crippen molar-refractivity contribution in [1.82, 2.24) is 4.90 Å². The molecule has 1 aliphatic rings. The van der Waals surface area contributed by atoms with Crippen LogP contribution in [-0.2, 0) is 6.54 Å². The average molecular weight is 261 g/mol. The molecule has 0 aliphatic carbocycles. The summed E-state index contributed by atoms with van der Waals surface area (Å²) in [4.78, 5) is 2.06. The molecule has 3 nitrogen and oxygen atoms in total. The third-order valence-corrected chi connectivity index (χ3v) is 2.81. The van der Waals surface area contributed by atoms with Gasteiger partial charge in [-0.1, -0.05) is 12.1 Å². The highest BCUT2D eigenvalue weighted by Gasteiger charge is 2.31. The van der Waals surface area contributed by atoms with Crippen molar-refractivity contribution in [2.45, 2.75) is 25.4 Å². The van der Waals surface area contributed by atoms with Gasteiger partial charge in [-0.3, -0.25) is 4.90 Å². The van der Waals surface area contributed by atoms with Gasteiger partial charge in [-0.15, -0.1) is 13.2 Å².